The van der Waals surface area contributed by atoms with E-state index in [2.05, 4.69) is 24.0 Å². The number of aromatic nitrogens is 2. The van der Waals surface area contributed by atoms with Crippen molar-refractivity contribution >= 4 is 11.3 Å². The van der Waals surface area contributed by atoms with Crippen LogP contribution in [0.4, 0.5) is 0 Å². The average Bonchev–Trinajstić information content (AvgIpc) is 2.87. The van der Waals surface area contributed by atoms with Crippen LogP contribution in [-0.4, -0.2) is 23.9 Å². The summed E-state index contributed by atoms with van der Waals surface area (Å²) in [5.74, 6) is 0.998. The van der Waals surface area contributed by atoms with Crippen molar-refractivity contribution < 1.29 is 9.26 Å². The maximum absolute atomic E-state index is 5.83. The first-order valence-corrected chi connectivity index (χ1v) is 6.09. The number of hydrogen-bond acceptors (Lipinski definition) is 6. The molecule has 0 aliphatic carbocycles. The van der Waals surface area contributed by atoms with Gasteiger partial charge in [0, 0.05) is 12.0 Å². The van der Waals surface area contributed by atoms with Gasteiger partial charge in [0.05, 0.1) is 17.5 Å². The molecule has 0 fully saturated rings. The maximum atomic E-state index is 5.83. The van der Waals surface area contributed by atoms with Crippen LogP contribution in [-0.2, 0) is 4.74 Å². The van der Waals surface area contributed by atoms with Gasteiger partial charge in [0.1, 0.15) is 0 Å². The molecule has 0 aliphatic rings. The van der Waals surface area contributed by atoms with E-state index in [0.29, 0.717) is 18.3 Å². The predicted octanol–water partition coefficient (Wildman–Crippen LogP) is 2.06. The van der Waals surface area contributed by atoms with Gasteiger partial charge in [-0.1, -0.05) is 5.16 Å². The lowest BCUT2D eigenvalue weighted by Gasteiger charge is -2.02. The zero-order valence-corrected chi connectivity index (χ0v) is 10.9. The van der Waals surface area contributed by atoms with Crippen molar-refractivity contribution in [3.8, 4) is 10.8 Å². The molecular formula is C11H15N3O2S. The lowest BCUT2D eigenvalue weighted by atomic mass is 10.3. The molecule has 0 aromatic carbocycles. The van der Waals surface area contributed by atoms with E-state index in [1.165, 1.54) is 10.4 Å². The largest absolute Gasteiger partial charge is 0.383 e. The zero-order chi connectivity index (χ0) is 12.4. The molecule has 17 heavy (non-hydrogen) atoms. The number of nitrogens with zero attached hydrogens (tertiary/aromatic N) is 2. The van der Waals surface area contributed by atoms with E-state index >= 15 is 0 Å². The minimum absolute atomic E-state index is 0.348. The van der Waals surface area contributed by atoms with Gasteiger partial charge in [-0.25, -0.2) is 0 Å². The molecule has 5 nitrogen and oxygen atoms in total. The van der Waals surface area contributed by atoms with Gasteiger partial charge in [-0.05, 0) is 25.5 Å². The molecule has 0 radical (unpaired) electrons. The van der Waals surface area contributed by atoms with Crippen molar-refractivity contribution in [2.24, 2.45) is 5.73 Å². The summed E-state index contributed by atoms with van der Waals surface area (Å²) in [5.41, 5.74) is 7.05. The van der Waals surface area contributed by atoms with E-state index in [4.69, 9.17) is 15.0 Å². The first-order valence-electron chi connectivity index (χ1n) is 5.27. The van der Waals surface area contributed by atoms with Gasteiger partial charge in [-0.15, -0.1) is 11.3 Å². The Balaban J connectivity index is 2.23. The molecule has 2 aromatic heterocycles. The molecule has 0 saturated heterocycles. The second-order valence-electron chi connectivity index (χ2n) is 3.87. The van der Waals surface area contributed by atoms with Gasteiger partial charge in [-0.3, -0.25) is 0 Å². The topological polar surface area (TPSA) is 74.2 Å². The second-order valence-corrected chi connectivity index (χ2v) is 5.13. The molecule has 2 heterocycles. The smallest absolute Gasteiger partial charge is 0.268 e. The van der Waals surface area contributed by atoms with Crippen LogP contribution >= 0.6 is 11.3 Å². The van der Waals surface area contributed by atoms with Gasteiger partial charge in [0.25, 0.3) is 5.89 Å². The summed E-state index contributed by atoms with van der Waals surface area (Å²) in [7, 11) is 1.59. The molecule has 1 atom stereocenters. The van der Waals surface area contributed by atoms with Crippen molar-refractivity contribution in [1.82, 2.24) is 10.1 Å². The zero-order valence-electron chi connectivity index (χ0n) is 10.1. The van der Waals surface area contributed by atoms with Crippen LogP contribution < -0.4 is 5.73 Å². The first kappa shape index (κ1) is 12.2. The number of nitrogens with two attached hydrogens (primary N) is 1. The van der Waals surface area contributed by atoms with Crippen LogP contribution in [0.15, 0.2) is 10.6 Å². The second kappa shape index (κ2) is 4.95. The molecule has 2 rings (SSSR count). The summed E-state index contributed by atoms with van der Waals surface area (Å²) >= 11 is 1.64. The van der Waals surface area contributed by atoms with Gasteiger partial charge in [0.2, 0.25) is 0 Å². The van der Waals surface area contributed by atoms with E-state index in [1.54, 1.807) is 18.4 Å². The predicted molar refractivity (Wildman–Crippen MR) is 65.9 cm³/mol. The van der Waals surface area contributed by atoms with E-state index < -0.39 is 0 Å². The van der Waals surface area contributed by atoms with Gasteiger partial charge in [-0.2, -0.15) is 4.98 Å². The van der Waals surface area contributed by atoms with Crippen molar-refractivity contribution in [2.45, 2.75) is 19.9 Å². The van der Waals surface area contributed by atoms with E-state index in [1.807, 2.05) is 6.07 Å². The minimum Gasteiger partial charge on any atom is -0.383 e. The highest BCUT2D eigenvalue weighted by atomic mass is 32.1. The highest BCUT2D eigenvalue weighted by Crippen LogP contribution is 2.29. The van der Waals surface area contributed by atoms with Gasteiger partial charge in [0.15, 0.2) is 5.82 Å². The summed E-state index contributed by atoms with van der Waals surface area (Å²) < 4.78 is 10.2. The Kier molecular flexibility index (Phi) is 3.56. The highest BCUT2D eigenvalue weighted by molar-refractivity contribution is 7.15. The molecule has 0 saturated carbocycles. The fraction of sp³-hybridized carbons (Fsp3) is 0.455. The maximum Gasteiger partial charge on any atom is 0.268 e. The Bertz CT molecular complexity index is 487. The molecule has 0 spiro atoms. The minimum atomic E-state index is -0.348. The molecule has 0 bridgehead atoms. The van der Waals surface area contributed by atoms with Crippen LogP contribution in [0.1, 0.15) is 22.3 Å². The van der Waals surface area contributed by atoms with Crippen LogP contribution in [0.5, 0.6) is 0 Å². The van der Waals surface area contributed by atoms with Crippen molar-refractivity contribution in [1.29, 1.82) is 0 Å². The van der Waals surface area contributed by atoms with Crippen molar-refractivity contribution in [3.63, 3.8) is 0 Å². The Labute approximate surface area is 104 Å². The van der Waals surface area contributed by atoms with E-state index in [-0.39, 0.29) is 6.04 Å². The van der Waals surface area contributed by atoms with Crippen molar-refractivity contribution in [3.05, 3.63) is 22.3 Å². The molecule has 2 N–H and O–H groups in total. The molecule has 2 aromatic rings. The van der Waals surface area contributed by atoms with Crippen LogP contribution in [0, 0.1) is 13.8 Å². The highest BCUT2D eigenvalue weighted by Gasteiger charge is 2.16. The number of hydrogen-bond donors (Lipinski definition) is 1. The summed E-state index contributed by atoms with van der Waals surface area (Å²) in [4.78, 5) is 6.51. The van der Waals surface area contributed by atoms with Gasteiger partial charge >= 0.3 is 0 Å². The first-order chi connectivity index (χ1) is 8.11. The summed E-state index contributed by atoms with van der Waals surface area (Å²) in [6.07, 6.45) is 0. The third-order valence-corrected chi connectivity index (χ3v) is 3.64. The Morgan fingerprint density at radius 2 is 2.29 bits per heavy atom. The molecular weight excluding hydrogens is 238 g/mol. The third-order valence-electron chi connectivity index (χ3n) is 2.50. The third kappa shape index (κ3) is 2.54. The normalized spacial score (nSPS) is 12.9. The number of aryl methyl sites for hydroxylation is 2. The lowest BCUT2D eigenvalue weighted by Crippen LogP contribution is -2.17. The molecule has 1 unspecified atom stereocenters. The lowest BCUT2D eigenvalue weighted by molar-refractivity contribution is 0.177. The van der Waals surface area contributed by atoms with Crippen molar-refractivity contribution in [2.75, 3.05) is 13.7 Å². The monoisotopic (exact) mass is 253 g/mol. The summed E-state index contributed by atoms with van der Waals surface area (Å²) in [5, 5.41) is 3.87. The Morgan fingerprint density at radius 1 is 1.53 bits per heavy atom. The summed E-state index contributed by atoms with van der Waals surface area (Å²) in [6, 6.07) is 1.69. The Hall–Kier alpha value is -1.24. The molecule has 92 valence electrons. The SMILES string of the molecule is COCC(N)c1noc(-c2cc(C)c(C)s2)n1. The quantitative estimate of drug-likeness (QED) is 0.902. The summed E-state index contributed by atoms with van der Waals surface area (Å²) in [6.45, 7) is 4.50. The fourth-order valence-corrected chi connectivity index (χ4v) is 2.37. The molecule has 0 amide bonds. The van der Waals surface area contributed by atoms with Crippen LogP contribution in [0.3, 0.4) is 0 Å². The average molecular weight is 253 g/mol. The number of methoxy groups -OCH3 is 1. The fourth-order valence-electron chi connectivity index (χ4n) is 1.42. The van der Waals surface area contributed by atoms with Gasteiger partial charge < -0.3 is 15.0 Å². The standard InChI is InChI=1S/C11H15N3O2S/c1-6-4-9(17-7(6)2)11-13-10(14-16-11)8(12)5-15-3/h4,8H,5,12H2,1-3H3. The van der Waals surface area contributed by atoms with Crippen LogP contribution in [0.2, 0.25) is 0 Å². The number of rotatable bonds is 4. The van der Waals surface area contributed by atoms with Crippen LogP contribution in [0.25, 0.3) is 10.8 Å². The number of ether oxygens (including phenoxy) is 1. The molecule has 0 aliphatic heterocycles. The molecule has 6 heteroatoms. The number of thiophene rings is 1. The van der Waals surface area contributed by atoms with E-state index in [9.17, 15) is 0 Å². The Morgan fingerprint density at radius 3 is 2.88 bits per heavy atom. The van der Waals surface area contributed by atoms with E-state index in [0.717, 1.165) is 4.88 Å².